The fourth-order valence-electron chi connectivity index (χ4n) is 7.48. The van der Waals surface area contributed by atoms with Gasteiger partial charge in [-0.2, -0.15) is 0 Å². The predicted octanol–water partition coefficient (Wildman–Crippen LogP) is 2.72. The summed E-state index contributed by atoms with van der Waals surface area (Å²) in [6, 6.07) is 5.42. The molecule has 0 spiro atoms. The van der Waals surface area contributed by atoms with Crippen LogP contribution in [0.15, 0.2) is 24.3 Å². The number of ether oxygens (including phenoxy) is 1. The summed E-state index contributed by atoms with van der Waals surface area (Å²) in [4.78, 5) is 57.3. The maximum absolute atomic E-state index is 14.2. The van der Waals surface area contributed by atoms with Crippen molar-refractivity contribution in [2.24, 2.45) is 11.8 Å². The summed E-state index contributed by atoms with van der Waals surface area (Å²) in [5.74, 6) is -2.03. The van der Waals surface area contributed by atoms with Crippen molar-refractivity contribution in [3.05, 3.63) is 35.4 Å². The fraction of sp³-hybridized carbons (Fsp3) is 0.706. The van der Waals surface area contributed by atoms with E-state index in [0.29, 0.717) is 25.9 Å². The Hall–Kier alpha value is -3.22. The molecule has 12 heteroatoms. The Balaban J connectivity index is 1.37. The van der Waals surface area contributed by atoms with Crippen LogP contribution in [0.4, 0.5) is 4.79 Å². The van der Waals surface area contributed by atoms with Crippen LogP contribution in [0.5, 0.6) is 0 Å². The van der Waals surface area contributed by atoms with Crippen molar-refractivity contribution in [1.29, 1.82) is 0 Å². The van der Waals surface area contributed by atoms with Crippen molar-refractivity contribution in [3.8, 4) is 0 Å². The van der Waals surface area contributed by atoms with Crippen LogP contribution in [0.25, 0.3) is 0 Å². The van der Waals surface area contributed by atoms with Gasteiger partial charge in [0.05, 0.1) is 17.7 Å². The van der Waals surface area contributed by atoms with Crippen LogP contribution < -0.4 is 16.0 Å². The van der Waals surface area contributed by atoms with Crippen LogP contribution in [-0.4, -0.2) is 92.6 Å². The second kappa shape index (κ2) is 13.9. The van der Waals surface area contributed by atoms with Crippen molar-refractivity contribution < 1.29 is 34.1 Å². The second-order valence-corrected chi connectivity index (χ2v) is 14.7. The summed E-state index contributed by atoms with van der Waals surface area (Å²) in [5.41, 5.74) is 0.284. The molecule has 4 aliphatic rings. The molecule has 0 bridgehead atoms. The molecular weight excluding hydrogens is 590 g/mol. The molecule has 1 aliphatic carbocycles. The van der Waals surface area contributed by atoms with E-state index in [2.05, 4.69) is 22.0 Å². The number of carbonyl (C=O) groups is 4. The molecule has 12 nitrogen and oxygen atoms in total. The zero-order valence-electron chi connectivity index (χ0n) is 27.6. The maximum Gasteiger partial charge on any atom is 0.329 e. The third-order valence-corrected chi connectivity index (χ3v) is 10.1. The molecule has 2 unspecified atom stereocenters. The number of aliphatic hydroxyl groups is 1. The number of carbonyl (C=O) groups excluding carboxylic acids is 3. The van der Waals surface area contributed by atoms with E-state index in [1.807, 2.05) is 25.1 Å². The molecule has 2 saturated heterocycles. The topological polar surface area (TPSA) is 161 Å². The smallest absolute Gasteiger partial charge is 0.329 e. The quantitative estimate of drug-likeness (QED) is 0.307. The van der Waals surface area contributed by atoms with Gasteiger partial charge in [-0.25, -0.2) is 9.59 Å². The number of carboxylic acid groups (broad SMARTS) is 1. The molecule has 5 rings (SSSR count). The van der Waals surface area contributed by atoms with Gasteiger partial charge in [-0.15, -0.1) is 0 Å². The molecular formula is C34H51N5O7. The number of hydrogen-bond donors (Lipinski definition) is 5. The average molecular weight is 642 g/mol. The van der Waals surface area contributed by atoms with Crippen molar-refractivity contribution in [3.63, 3.8) is 0 Å². The number of hydrogen-bond acceptors (Lipinski definition) is 7. The molecule has 4 amide bonds. The highest BCUT2D eigenvalue weighted by Crippen LogP contribution is 2.50. The van der Waals surface area contributed by atoms with E-state index in [4.69, 9.17) is 4.74 Å². The first kappa shape index (κ1) is 34.1. The summed E-state index contributed by atoms with van der Waals surface area (Å²) >= 11 is 0. The Kier molecular flexibility index (Phi) is 10.3. The fourth-order valence-corrected chi connectivity index (χ4v) is 7.48. The average Bonchev–Trinajstić information content (AvgIpc) is 3.58. The van der Waals surface area contributed by atoms with Crippen LogP contribution >= 0.6 is 0 Å². The monoisotopic (exact) mass is 641 g/mol. The number of nitrogens with one attached hydrogen (secondary N) is 3. The van der Waals surface area contributed by atoms with E-state index in [-0.39, 0.29) is 36.7 Å². The third kappa shape index (κ3) is 7.83. The first-order valence-corrected chi connectivity index (χ1v) is 16.9. The molecule has 1 aromatic rings. The Labute approximate surface area is 271 Å². The number of aliphatic hydroxyl groups excluding tert-OH is 1. The van der Waals surface area contributed by atoms with Gasteiger partial charge in [0, 0.05) is 19.6 Å². The number of rotatable bonds is 5. The summed E-state index contributed by atoms with van der Waals surface area (Å²) in [5, 5.41) is 29.7. The highest BCUT2D eigenvalue weighted by molar-refractivity contribution is 5.95. The highest BCUT2D eigenvalue weighted by atomic mass is 16.6. The van der Waals surface area contributed by atoms with E-state index in [9.17, 15) is 29.4 Å². The molecule has 5 N–H and O–H groups in total. The number of nitrogens with zero attached hydrogens (tertiary/aromatic N) is 2. The molecule has 0 radical (unpaired) electrons. The first-order valence-electron chi connectivity index (χ1n) is 16.9. The molecule has 3 fully saturated rings. The second-order valence-electron chi connectivity index (χ2n) is 14.7. The van der Waals surface area contributed by atoms with E-state index in [1.165, 1.54) is 10.5 Å². The summed E-state index contributed by atoms with van der Waals surface area (Å²) in [7, 11) is 0. The number of carboxylic acids is 1. The van der Waals surface area contributed by atoms with Crippen LogP contribution in [0.3, 0.4) is 0 Å². The van der Waals surface area contributed by atoms with Gasteiger partial charge in [-0.05, 0) is 69.4 Å². The number of fused-ring (bicyclic) bond motifs is 3. The summed E-state index contributed by atoms with van der Waals surface area (Å²) in [6.07, 6.45) is 4.60. The third-order valence-electron chi connectivity index (χ3n) is 10.1. The highest BCUT2D eigenvalue weighted by Gasteiger charge is 2.64. The molecule has 46 heavy (non-hydrogen) atoms. The summed E-state index contributed by atoms with van der Waals surface area (Å²) < 4.78 is 5.65. The molecule has 1 aromatic carbocycles. The predicted molar refractivity (Wildman–Crippen MR) is 170 cm³/mol. The zero-order chi connectivity index (χ0) is 33.2. The van der Waals surface area contributed by atoms with Gasteiger partial charge in [0.25, 0.3) is 0 Å². The number of amides is 4. The number of urea groups is 1. The Morgan fingerprint density at radius 3 is 2.48 bits per heavy atom. The zero-order valence-corrected chi connectivity index (χ0v) is 27.6. The minimum Gasteiger partial charge on any atom is -0.479 e. The lowest BCUT2D eigenvalue weighted by atomic mass is 9.94. The van der Waals surface area contributed by atoms with Gasteiger partial charge in [0.1, 0.15) is 11.6 Å². The Morgan fingerprint density at radius 1 is 1.09 bits per heavy atom. The van der Waals surface area contributed by atoms with Crippen LogP contribution in [-0.2, 0) is 32.1 Å². The molecule has 7 atom stereocenters. The molecule has 3 aliphatic heterocycles. The van der Waals surface area contributed by atoms with Gasteiger partial charge in [-0.1, -0.05) is 63.3 Å². The van der Waals surface area contributed by atoms with Crippen LogP contribution in [0.1, 0.15) is 90.2 Å². The molecule has 1 saturated carbocycles. The SMILES string of the molecule is CC1CCCCCC[C@H](NC(O)OC(C)(C)C)C(=O)N2C[C@H](NC(=O)N3CCc4ccccc4C3)C[C@H]2C(=O)N[C@]2(C(=O)O)C[C@@H]12. The maximum atomic E-state index is 14.2. The molecule has 0 aromatic heterocycles. The largest absolute Gasteiger partial charge is 0.479 e. The first-order chi connectivity index (χ1) is 21.8. The summed E-state index contributed by atoms with van der Waals surface area (Å²) in [6.45, 7) is 8.56. The van der Waals surface area contributed by atoms with E-state index < -0.39 is 47.6 Å². The van der Waals surface area contributed by atoms with Gasteiger partial charge in [0.2, 0.25) is 18.2 Å². The van der Waals surface area contributed by atoms with E-state index >= 15 is 0 Å². The standard InChI is InChI=1S/C34H51N5O7/c1-21-11-7-5-6-8-14-26(36-32(45)46-33(2,3)4)29(41)39-20-24(17-27(39)28(40)37-34(30(42)43)18-25(21)34)35-31(44)38-16-15-22-12-9-10-13-23(22)19-38/h9-10,12-13,21,24-27,32,36,45H,5-8,11,14-20H2,1-4H3,(H,35,44)(H,37,40)(H,42,43)/t21?,24-,25+,26+,27+,32?,34-/m1/s1. The lowest BCUT2D eigenvalue weighted by Gasteiger charge is -2.32. The lowest BCUT2D eigenvalue weighted by molar-refractivity contribution is -0.188. The van der Waals surface area contributed by atoms with Crippen molar-refractivity contribution in [1.82, 2.24) is 25.8 Å². The van der Waals surface area contributed by atoms with Crippen LogP contribution in [0.2, 0.25) is 0 Å². The van der Waals surface area contributed by atoms with Crippen molar-refractivity contribution >= 4 is 23.8 Å². The normalized spacial score (nSPS) is 31.4. The Bertz CT molecular complexity index is 1300. The minimum atomic E-state index is -1.41. The van der Waals surface area contributed by atoms with Crippen molar-refractivity contribution in [2.45, 2.75) is 128 Å². The number of aliphatic carboxylic acids is 1. The van der Waals surface area contributed by atoms with Crippen molar-refractivity contribution in [2.75, 3.05) is 13.1 Å². The minimum absolute atomic E-state index is 0.0847. The van der Waals surface area contributed by atoms with Gasteiger partial charge in [0.15, 0.2) is 0 Å². The Morgan fingerprint density at radius 2 is 1.78 bits per heavy atom. The van der Waals surface area contributed by atoms with Gasteiger partial charge < -0.3 is 35.4 Å². The molecule has 254 valence electrons. The van der Waals surface area contributed by atoms with Crippen LogP contribution in [0, 0.1) is 11.8 Å². The van der Waals surface area contributed by atoms with Gasteiger partial charge >= 0.3 is 12.0 Å². The van der Waals surface area contributed by atoms with E-state index in [0.717, 1.165) is 44.1 Å². The number of benzene rings is 1. The molecule has 3 heterocycles. The van der Waals surface area contributed by atoms with E-state index in [1.54, 1.807) is 25.7 Å². The van der Waals surface area contributed by atoms with Gasteiger partial charge in [-0.3, -0.25) is 14.9 Å². The lowest BCUT2D eigenvalue weighted by Crippen LogP contribution is -2.57.